The van der Waals surface area contributed by atoms with Crippen molar-refractivity contribution < 1.29 is 14.3 Å². The van der Waals surface area contributed by atoms with E-state index < -0.39 is 5.97 Å². The largest absolute Gasteiger partial charge is 0.465 e. The Kier molecular flexibility index (Phi) is 4.32. The minimum atomic E-state index is -0.474. The van der Waals surface area contributed by atoms with Gasteiger partial charge in [0, 0.05) is 20.7 Å². The fraction of sp³-hybridized carbons (Fsp3) is 0.0588. The van der Waals surface area contributed by atoms with Crippen molar-refractivity contribution in [3.8, 4) is 0 Å². The van der Waals surface area contributed by atoms with Gasteiger partial charge in [-0.3, -0.25) is 4.79 Å². The Labute approximate surface area is 141 Å². The van der Waals surface area contributed by atoms with Crippen LogP contribution in [0.1, 0.15) is 20.0 Å². The molecule has 2 aromatic carbocycles. The third-order valence-electron chi connectivity index (χ3n) is 3.31. The summed E-state index contributed by atoms with van der Waals surface area (Å²) in [4.78, 5) is 24.8. The molecule has 0 fully saturated rings. The van der Waals surface area contributed by atoms with E-state index in [1.165, 1.54) is 18.4 Å². The zero-order valence-electron chi connectivity index (χ0n) is 12.1. The molecule has 1 heterocycles. The molecule has 0 spiro atoms. The maximum absolute atomic E-state index is 12.4. The number of hydrogen-bond acceptors (Lipinski definition) is 4. The minimum absolute atomic E-state index is 0.310. The summed E-state index contributed by atoms with van der Waals surface area (Å²) in [5.74, 6) is -0.784. The topological polar surface area (TPSA) is 55.4 Å². The summed E-state index contributed by atoms with van der Waals surface area (Å²) in [6, 6.07) is 14.0. The van der Waals surface area contributed by atoms with Gasteiger partial charge in [-0.05, 0) is 30.3 Å². The minimum Gasteiger partial charge on any atom is -0.465 e. The molecule has 4 nitrogen and oxygen atoms in total. The number of carbonyl (C=O) groups is 2. The molecule has 0 aliphatic rings. The molecule has 1 aromatic heterocycles. The van der Waals surface area contributed by atoms with Gasteiger partial charge >= 0.3 is 5.97 Å². The Morgan fingerprint density at radius 3 is 2.48 bits per heavy atom. The first-order valence-corrected chi connectivity index (χ1v) is 7.96. The van der Waals surface area contributed by atoms with Gasteiger partial charge in [-0.15, -0.1) is 11.3 Å². The molecule has 0 saturated carbocycles. The lowest BCUT2D eigenvalue weighted by Gasteiger charge is -2.07. The summed E-state index contributed by atoms with van der Waals surface area (Å²) in [5, 5.41) is 4.17. The number of hydrogen-bond donors (Lipinski definition) is 1. The van der Waals surface area contributed by atoms with Crippen molar-refractivity contribution >= 4 is 50.6 Å². The van der Waals surface area contributed by atoms with Crippen LogP contribution in [0.25, 0.3) is 10.1 Å². The Morgan fingerprint density at radius 1 is 1.09 bits per heavy atom. The fourth-order valence-corrected chi connectivity index (χ4v) is 3.40. The van der Waals surface area contributed by atoms with Gasteiger partial charge in [0.1, 0.15) is 4.88 Å². The Bertz CT molecular complexity index is 886. The molecular weight excluding hydrogens is 334 g/mol. The van der Waals surface area contributed by atoms with Crippen LogP contribution in [0.4, 0.5) is 5.69 Å². The van der Waals surface area contributed by atoms with E-state index >= 15 is 0 Å². The summed E-state index contributed by atoms with van der Waals surface area (Å²) in [7, 11) is 1.32. The second-order valence-electron chi connectivity index (χ2n) is 4.75. The summed E-state index contributed by atoms with van der Waals surface area (Å²) in [6.45, 7) is 0. The maximum Gasteiger partial charge on any atom is 0.350 e. The van der Waals surface area contributed by atoms with Crippen molar-refractivity contribution in [3.05, 3.63) is 64.0 Å². The standard InChI is InChI=1S/C17H12ClNO3S/c1-22-17(21)15-14(12-4-2-3-5-13(12)23-15)19-16(20)10-6-8-11(18)9-7-10/h2-9H,1H3,(H,19,20). The first-order valence-electron chi connectivity index (χ1n) is 6.77. The number of fused-ring (bicyclic) bond motifs is 1. The Hall–Kier alpha value is -2.37. The SMILES string of the molecule is COC(=O)c1sc2ccccc2c1NC(=O)c1ccc(Cl)cc1. The molecule has 1 amide bonds. The number of nitrogens with one attached hydrogen (secondary N) is 1. The van der Waals surface area contributed by atoms with E-state index in [0.717, 1.165) is 10.1 Å². The van der Waals surface area contributed by atoms with Crippen molar-refractivity contribution in [1.29, 1.82) is 0 Å². The second-order valence-corrected chi connectivity index (χ2v) is 6.24. The molecule has 3 aromatic rings. The molecule has 0 bridgehead atoms. The van der Waals surface area contributed by atoms with Crippen molar-refractivity contribution in [3.63, 3.8) is 0 Å². The van der Waals surface area contributed by atoms with E-state index in [0.29, 0.717) is 21.2 Å². The highest BCUT2D eigenvalue weighted by Gasteiger charge is 2.21. The van der Waals surface area contributed by atoms with Crippen molar-refractivity contribution in [2.45, 2.75) is 0 Å². The molecular formula is C17H12ClNO3S. The monoisotopic (exact) mass is 345 g/mol. The highest BCUT2D eigenvalue weighted by molar-refractivity contribution is 7.21. The molecule has 0 aliphatic carbocycles. The van der Waals surface area contributed by atoms with Gasteiger partial charge < -0.3 is 10.1 Å². The third kappa shape index (κ3) is 3.06. The number of benzene rings is 2. The third-order valence-corrected chi connectivity index (χ3v) is 4.71. The summed E-state index contributed by atoms with van der Waals surface area (Å²) in [6.07, 6.45) is 0. The molecule has 0 aliphatic heterocycles. The number of esters is 1. The van der Waals surface area contributed by atoms with Crippen LogP contribution < -0.4 is 5.32 Å². The number of thiophene rings is 1. The average Bonchev–Trinajstić information content (AvgIpc) is 2.93. The van der Waals surface area contributed by atoms with Crippen LogP contribution in [0.3, 0.4) is 0 Å². The van der Waals surface area contributed by atoms with Crippen LogP contribution in [0.5, 0.6) is 0 Å². The fourth-order valence-electron chi connectivity index (χ4n) is 2.19. The number of ether oxygens (including phenoxy) is 1. The van der Waals surface area contributed by atoms with Crippen molar-refractivity contribution in [1.82, 2.24) is 0 Å². The van der Waals surface area contributed by atoms with Gasteiger partial charge in [0.05, 0.1) is 12.8 Å². The first kappa shape index (κ1) is 15.5. The molecule has 0 radical (unpaired) electrons. The number of carbonyl (C=O) groups excluding carboxylic acids is 2. The van der Waals surface area contributed by atoms with E-state index in [1.54, 1.807) is 24.3 Å². The van der Waals surface area contributed by atoms with Gasteiger partial charge in [-0.1, -0.05) is 29.8 Å². The van der Waals surface area contributed by atoms with Gasteiger partial charge in [0.15, 0.2) is 0 Å². The van der Waals surface area contributed by atoms with Gasteiger partial charge in [-0.25, -0.2) is 4.79 Å². The molecule has 0 unspecified atom stereocenters. The summed E-state index contributed by atoms with van der Waals surface area (Å²) >= 11 is 7.12. The molecule has 1 N–H and O–H groups in total. The van der Waals surface area contributed by atoms with E-state index in [1.807, 2.05) is 24.3 Å². The molecule has 0 atom stereocenters. The van der Waals surface area contributed by atoms with E-state index in [4.69, 9.17) is 16.3 Å². The zero-order valence-corrected chi connectivity index (χ0v) is 13.7. The van der Waals surface area contributed by atoms with Crippen LogP contribution in [0.15, 0.2) is 48.5 Å². The molecule has 6 heteroatoms. The predicted molar refractivity (Wildman–Crippen MR) is 92.6 cm³/mol. The van der Waals surface area contributed by atoms with Crippen LogP contribution in [0.2, 0.25) is 5.02 Å². The predicted octanol–water partition coefficient (Wildman–Crippen LogP) is 4.59. The number of halogens is 1. The van der Waals surface area contributed by atoms with Gasteiger partial charge in [-0.2, -0.15) is 0 Å². The van der Waals surface area contributed by atoms with Crippen molar-refractivity contribution in [2.24, 2.45) is 0 Å². The van der Waals surface area contributed by atoms with E-state index in [9.17, 15) is 9.59 Å². The number of anilines is 1. The Balaban J connectivity index is 2.02. The van der Waals surface area contributed by atoms with E-state index in [2.05, 4.69) is 5.32 Å². The smallest absolute Gasteiger partial charge is 0.350 e. The van der Waals surface area contributed by atoms with Crippen LogP contribution in [-0.4, -0.2) is 19.0 Å². The lowest BCUT2D eigenvalue weighted by atomic mass is 10.2. The molecule has 3 rings (SSSR count). The van der Waals surface area contributed by atoms with E-state index in [-0.39, 0.29) is 5.91 Å². The number of methoxy groups -OCH3 is 1. The van der Waals surface area contributed by atoms with Crippen LogP contribution in [0, 0.1) is 0 Å². The van der Waals surface area contributed by atoms with Gasteiger partial charge in [0.25, 0.3) is 5.91 Å². The molecule has 116 valence electrons. The molecule has 0 saturated heterocycles. The summed E-state index contributed by atoms with van der Waals surface area (Å²) in [5.41, 5.74) is 0.929. The van der Waals surface area contributed by atoms with Crippen molar-refractivity contribution in [2.75, 3.05) is 12.4 Å². The Morgan fingerprint density at radius 2 is 1.78 bits per heavy atom. The van der Waals surface area contributed by atoms with Gasteiger partial charge in [0.2, 0.25) is 0 Å². The normalized spacial score (nSPS) is 10.5. The lowest BCUT2D eigenvalue weighted by Crippen LogP contribution is -2.14. The van der Waals surface area contributed by atoms with Crippen LogP contribution >= 0.6 is 22.9 Å². The number of rotatable bonds is 3. The lowest BCUT2D eigenvalue weighted by molar-refractivity contribution is 0.0607. The maximum atomic E-state index is 12.4. The van der Waals surface area contributed by atoms with Crippen LogP contribution in [-0.2, 0) is 4.74 Å². The quantitative estimate of drug-likeness (QED) is 0.706. The summed E-state index contributed by atoms with van der Waals surface area (Å²) < 4.78 is 5.71. The average molecular weight is 346 g/mol. The number of amides is 1. The molecule has 23 heavy (non-hydrogen) atoms. The first-order chi connectivity index (χ1) is 11.1. The highest BCUT2D eigenvalue weighted by Crippen LogP contribution is 2.36. The highest BCUT2D eigenvalue weighted by atomic mass is 35.5. The second kappa shape index (κ2) is 6.40. The zero-order chi connectivity index (χ0) is 16.4.